The van der Waals surface area contributed by atoms with Crippen molar-refractivity contribution in [3.8, 4) is 16.9 Å². The number of aromatic nitrogens is 1. The molecule has 1 aliphatic carbocycles. The highest BCUT2D eigenvalue weighted by atomic mass is 16.6. The van der Waals surface area contributed by atoms with E-state index >= 15 is 0 Å². The normalized spacial score (nSPS) is 17.2. The van der Waals surface area contributed by atoms with Crippen LogP contribution >= 0.6 is 0 Å². The van der Waals surface area contributed by atoms with Gasteiger partial charge in [0.1, 0.15) is 17.5 Å². The molecule has 0 spiro atoms. The van der Waals surface area contributed by atoms with Crippen LogP contribution in [0.5, 0.6) is 5.75 Å². The zero-order valence-electron chi connectivity index (χ0n) is 19.7. The van der Waals surface area contributed by atoms with Crippen LogP contribution in [0.4, 0.5) is 4.79 Å². The first kappa shape index (κ1) is 21.7. The number of nitrogens with zero attached hydrogens (tertiary/aromatic N) is 2. The number of fused-ring (bicyclic) bond motifs is 1. The van der Waals surface area contributed by atoms with Crippen molar-refractivity contribution in [3.63, 3.8) is 0 Å². The Morgan fingerprint density at radius 3 is 2.27 bits per heavy atom. The summed E-state index contributed by atoms with van der Waals surface area (Å²) in [6, 6.07) is 17.1. The number of rotatable bonds is 4. The van der Waals surface area contributed by atoms with Gasteiger partial charge in [0, 0.05) is 49.1 Å². The molecule has 0 atom stereocenters. The molecule has 2 heterocycles. The third-order valence-corrected chi connectivity index (χ3v) is 6.32. The summed E-state index contributed by atoms with van der Waals surface area (Å²) in [7, 11) is 0. The molecule has 1 amide bonds. The van der Waals surface area contributed by atoms with E-state index in [1.807, 2.05) is 39.1 Å². The van der Waals surface area contributed by atoms with Crippen LogP contribution in [0.1, 0.15) is 58.1 Å². The standard InChI is InChI=1S/C28H32N2O3/c1-28(2,3)33-27(31)30-14-12-25(13-15-30)32-24-10-8-19(9-11-24)21-6-7-22-18-29-26(20-4-5-20)17-23(22)16-21/h6-11,16-18,20,25H,4-5,12-15H2,1-3H3. The van der Waals surface area contributed by atoms with Crippen molar-refractivity contribution in [1.82, 2.24) is 9.88 Å². The van der Waals surface area contributed by atoms with Crippen molar-refractivity contribution >= 4 is 16.9 Å². The van der Waals surface area contributed by atoms with E-state index in [0.717, 1.165) is 18.6 Å². The molecule has 0 unspecified atom stereocenters. The van der Waals surface area contributed by atoms with Gasteiger partial charge in [-0.25, -0.2) is 4.79 Å². The fraction of sp³-hybridized carbons (Fsp3) is 0.429. The van der Waals surface area contributed by atoms with E-state index in [4.69, 9.17) is 9.47 Å². The van der Waals surface area contributed by atoms with E-state index in [1.54, 1.807) is 4.90 Å². The van der Waals surface area contributed by atoms with Gasteiger partial charge in [0.15, 0.2) is 0 Å². The second-order valence-electron chi connectivity index (χ2n) is 10.3. The highest BCUT2D eigenvalue weighted by molar-refractivity contribution is 5.87. The Balaban J connectivity index is 1.20. The maximum absolute atomic E-state index is 12.2. The lowest BCUT2D eigenvalue weighted by molar-refractivity contribution is 0.0126. The zero-order valence-corrected chi connectivity index (χ0v) is 19.7. The predicted octanol–water partition coefficient (Wildman–Crippen LogP) is 6.56. The minimum atomic E-state index is -0.465. The van der Waals surface area contributed by atoms with Gasteiger partial charge in [-0.1, -0.05) is 24.3 Å². The van der Waals surface area contributed by atoms with Crippen LogP contribution in [0.25, 0.3) is 21.9 Å². The molecule has 3 aromatic rings. The summed E-state index contributed by atoms with van der Waals surface area (Å²) in [4.78, 5) is 18.6. The second-order valence-corrected chi connectivity index (χ2v) is 10.3. The van der Waals surface area contributed by atoms with Gasteiger partial charge in [0.2, 0.25) is 0 Å². The molecular formula is C28H32N2O3. The van der Waals surface area contributed by atoms with Gasteiger partial charge < -0.3 is 14.4 Å². The Labute approximate surface area is 195 Å². The maximum atomic E-state index is 12.2. The molecule has 172 valence electrons. The summed E-state index contributed by atoms with van der Waals surface area (Å²) in [5.74, 6) is 1.53. The first-order chi connectivity index (χ1) is 15.8. The number of piperidine rings is 1. The van der Waals surface area contributed by atoms with Gasteiger partial charge in [-0.15, -0.1) is 0 Å². The number of benzene rings is 2. The molecule has 1 aromatic heterocycles. The fourth-order valence-corrected chi connectivity index (χ4v) is 4.34. The van der Waals surface area contributed by atoms with Gasteiger partial charge in [-0.2, -0.15) is 0 Å². The molecule has 0 radical (unpaired) electrons. The number of hydrogen-bond donors (Lipinski definition) is 0. The highest BCUT2D eigenvalue weighted by Gasteiger charge is 2.28. The minimum Gasteiger partial charge on any atom is -0.490 e. The molecule has 0 N–H and O–H groups in total. The van der Waals surface area contributed by atoms with Crippen molar-refractivity contribution in [3.05, 3.63) is 60.4 Å². The molecule has 2 aliphatic rings. The Hall–Kier alpha value is -3.08. The average molecular weight is 445 g/mol. The molecule has 0 bridgehead atoms. The van der Waals surface area contributed by atoms with Gasteiger partial charge in [-0.05, 0) is 74.4 Å². The Kier molecular flexibility index (Phi) is 5.73. The summed E-state index contributed by atoms with van der Waals surface area (Å²) in [6.45, 7) is 7.00. The van der Waals surface area contributed by atoms with Crippen molar-refractivity contribution in [2.75, 3.05) is 13.1 Å². The molecule has 33 heavy (non-hydrogen) atoms. The topological polar surface area (TPSA) is 51.7 Å². The molecule has 1 saturated carbocycles. The van der Waals surface area contributed by atoms with Crippen molar-refractivity contribution < 1.29 is 14.3 Å². The first-order valence-electron chi connectivity index (χ1n) is 12.0. The minimum absolute atomic E-state index is 0.114. The number of carbonyl (C=O) groups excluding carboxylic acids is 1. The molecular weight excluding hydrogens is 412 g/mol. The fourth-order valence-electron chi connectivity index (χ4n) is 4.34. The zero-order chi connectivity index (χ0) is 23.0. The summed E-state index contributed by atoms with van der Waals surface area (Å²) in [5, 5.41) is 2.43. The number of carbonyl (C=O) groups is 1. The average Bonchev–Trinajstić information content (AvgIpc) is 3.64. The SMILES string of the molecule is CC(C)(C)OC(=O)N1CCC(Oc2ccc(-c3ccc4cnc(C5CC5)cc4c3)cc2)CC1. The van der Waals surface area contributed by atoms with Crippen LogP contribution in [-0.2, 0) is 4.74 Å². The number of likely N-dealkylation sites (tertiary alicyclic amines) is 1. The Morgan fingerprint density at radius 2 is 1.61 bits per heavy atom. The monoisotopic (exact) mass is 444 g/mol. The van der Waals surface area contributed by atoms with Gasteiger partial charge in [0.25, 0.3) is 0 Å². The number of pyridine rings is 1. The number of amides is 1. The Morgan fingerprint density at radius 1 is 0.909 bits per heavy atom. The van der Waals surface area contributed by atoms with Crippen LogP contribution in [0, 0.1) is 0 Å². The summed E-state index contributed by atoms with van der Waals surface area (Å²) in [5.41, 5.74) is 3.13. The van der Waals surface area contributed by atoms with Gasteiger partial charge >= 0.3 is 6.09 Å². The predicted molar refractivity (Wildman–Crippen MR) is 131 cm³/mol. The molecule has 1 aliphatic heterocycles. The lowest BCUT2D eigenvalue weighted by atomic mass is 10.0. The van der Waals surface area contributed by atoms with Crippen LogP contribution < -0.4 is 4.74 Å². The van der Waals surface area contributed by atoms with Crippen molar-refractivity contribution in [2.45, 2.75) is 64.1 Å². The maximum Gasteiger partial charge on any atom is 0.410 e. The summed E-state index contributed by atoms with van der Waals surface area (Å²) >= 11 is 0. The third-order valence-electron chi connectivity index (χ3n) is 6.32. The highest BCUT2D eigenvalue weighted by Crippen LogP contribution is 2.40. The van der Waals surface area contributed by atoms with Crippen molar-refractivity contribution in [1.29, 1.82) is 0 Å². The summed E-state index contributed by atoms with van der Waals surface area (Å²) in [6.07, 6.45) is 6.02. The van der Waals surface area contributed by atoms with Gasteiger partial charge in [0.05, 0.1) is 0 Å². The molecule has 5 nitrogen and oxygen atoms in total. The molecule has 5 heteroatoms. The van der Waals surface area contributed by atoms with Crippen LogP contribution in [0.2, 0.25) is 0 Å². The van der Waals surface area contributed by atoms with E-state index in [9.17, 15) is 4.79 Å². The number of ether oxygens (including phenoxy) is 2. The lowest BCUT2D eigenvalue weighted by Gasteiger charge is -2.33. The molecule has 2 aromatic carbocycles. The van der Waals surface area contributed by atoms with E-state index < -0.39 is 5.60 Å². The number of hydrogen-bond acceptors (Lipinski definition) is 4. The second kappa shape index (κ2) is 8.69. The van der Waals surface area contributed by atoms with Crippen molar-refractivity contribution in [2.24, 2.45) is 0 Å². The lowest BCUT2D eigenvalue weighted by Crippen LogP contribution is -2.44. The first-order valence-corrected chi connectivity index (χ1v) is 12.0. The molecule has 5 rings (SSSR count). The summed E-state index contributed by atoms with van der Waals surface area (Å²) < 4.78 is 11.7. The smallest absolute Gasteiger partial charge is 0.410 e. The van der Waals surface area contributed by atoms with Crippen LogP contribution in [0.15, 0.2) is 54.7 Å². The molecule has 2 fully saturated rings. The van der Waals surface area contributed by atoms with E-state index in [-0.39, 0.29) is 12.2 Å². The van der Waals surface area contributed by atoms with E-state index in [0.29, 0.717) is 19.0 Å². The van der Waals surface area contributed by atoms with Crippen LogP contribution in [-0.4, -0.2) is 40.8 Å². The van der Waals surface area contributed by atoms with E-state index in [2.05, 4.69) is 41.4 Å². The largest absolute Gasteiger partial charge is 0.490 e. The Bertz CT molecular complexity index is 1140. The quantitative estimate of drug-likeness (QED) is 0.457. The van der Waals surface area contributed by atoms with Crippen LogP contribution in [0.3, 0.4) is 0 Å². The third kappa shape index (κ3) is 5.29. The molecule has 1 saturated heterocycles. The van der Waals surface area contributed by atoms with Gasteiger partial charge in [-0.3, -0.25) is 4.98 Å². The van der Waals surface area contributed by atoms with E-state index in [1.165, 1.54) is 40.4 Å².